The third-order valence-corrected chi connectivity index (χ3v) is 5.26. The number of nitrogens with zero attached hydrogens (tertiary/aromatic N) is 4. The maximum Gasteiger partial charge on any atom is 0.191 e. The van der Waals surface area contributed by atoms with Gasteiger partial charge in [-0.3, -0.25) is 9.89 Å². The van der Waals surface area contributed by atoms with E-state index in [-0.39, 0.29) is 0 Å². The Morgan fingerprint density at radius 3 is 2.73 bits per heavy atom. The summed E-state index contributed by atoms with van der Waals surface area (Å²) in [5.74, 6) is 0.840. The molecule has 0 spiro atoms. The van der Waals surface area contributed by atoms with Gasteiger partial charge in [-0.25, -0.2) is 4.98 Å². The second-order valence-corrected chi connectivity index (χ2v) is 7.24. The minimum absolute atomic E-state index is 0.515. The van der Waals surface area contributed by atoms with Gasteiger partial charge in [0.05, 0.1) is 12.2 Å². The molecule has 22 heavy (non-hydrogen) atoms. The Morgan fingerprint density at radius 1 is 1.32 bits per heavy atom. The van der Waals surface area contributed by atoms with Crippen LogP contribution in [0.15, 0.2) is 4.99 Å². The van der Waals surface area contributed by atoms with Crippen molar-refractivity contribution < 1.29 is 0 Å². The van der Waals surface area contributed by atoms with Gasteiger partial charge in [-0.05, 0) is 27.9 Å². The summed E-state index contributed by atoms with van der Waals surface area (Å²) in [6.45, 7) is 9.13. The van der Waals surface area contributed by atoms with Gasteiger partial charge in [0.15, 0.2) is 5.96 Å². The normalized spacial score (nSPS) is 21.1. The van der Waals surface area contributed by atoms with Crippen molar-refractivity contribution in [3.63, 3.8) is 0 Å². The van der Waals surface area contributed by atoms with Crippen molar-refractivity contribution in [3.05, 3.63) is 15.6 Å². The number of aryl methyl sites for hydroxylation is 2. The van der Waals surface area contributed by atoms with Crippen LogP contribution < -0.4 is 10.6 Å². The zero-order valence-electron chi connectivity index (χ0n) is 14.3. The Morgan fingerprint density at radius 2 is 2.09 bits per heavy atom. The van der Waals surface area contributed by atoms with Crippen molar-refractivity contribution in [2.24, 2.45) is 4.99 Å². The first-order valence-electron chi connectivity index (χ1n) is 7.75. The molecule has 124 valence electrons. The molecule has 1 aromatic heterocycles. The van der Waals surface area contributed by atoms with Crippen molar-refractivity contribution in [1.82, 2.24) is 25.4 Å². The van der Waals surface area contributed by atoms with Gasteiger partial charge in [0.2, 0.25) is 0 Å². The van der Waals surface area contributed by atoms with Crippen LogP contribution in [0.2, 0.25) is 0 Å². The van der Waals surface area contributed by atoms with Crippen LogP contribution in [-0.4, -0.2) is 74.1 Å². The summed E-state index contributed by atoms with van der Waals surface area (Å²) in [5, 5.41) is 7.88. The Hall–Kier alpha value is -1.18. The largest absolute Gasteiger partial charge is 0.355 e. The highest BCUT2D eigenvalue weighted by atomic mass is 32.1. The van der Waals surface area contributed by atoms with E-state index in [1.807, 2.05) is 7.05 Å². The van der Waals surface area contributed by atoms with Crippen molar-refractivity contribution in [3.8, 4) is 0 Å². The summed E-state index contributed by atoms with van der Waals surface area (Å²) in [5.41, 5.74) is 1.12. The second-order valence-electron chi connectivity index (χ2n) is 5.95. The van der Waals surface area contributed by atoms with E-state index in [0.717, 1.165) is 49.4 Å². The summed E-state index contributed by atoms with van der Waals surface area (Å²) in [6.07, 6.45) is 0. The number of guanidine groups is 1. The first kappa shape index (κ1) is 17.2. The average molecular weight is 324 g/mol. The summed E-state index contributed by atoms with van der Waals surface area (Å²) < 4.78 is 0. The number of hydrogen-bond donors (Lipinski definition) is 2. The molecule has 0 amide bonds. The first-order valence-corrected chi connectivity index (χ1v) is 8.57. The predicted molar refractivity (Wildman–Crippen MR) is 93.7 cm³/mol. The number of aromatic nitrogens is 1. The molecule has 0 bridgehead atoms. The van der Waals surface area contributed by atoms with E-state index in [4.69, 9.17) is 0 Å². The van der Waals surface area contributed by atoms with E-state index in [1.54, 1.807) is 11.3 Å². The molecule has 2 heterocycles. The zero-order valence-corrected chi connectivity index (χ0v) is 15.1. The van der Waals surface area contributed by atoms with Gasteiger partial charge in [-0.2, -0.15) is 0 Å². The van der Waals surface area contributed by atoms with Gasteiger partial charge in [-0.1, -0.05) is 0 Å². The minimum atomic E-state index is 0.515. The molecule has 0 saturated carbocycles. The standard InChI is InChI=1S/C15H28N6S/c1-11-12(2)22-14(19-11)9-18-15(16-3)17-8-13-10-20(4)6-7-21(13)5/h13H,6-10H2,1-5H3,(H2,16,17,18). The van der Waals surface area contributed by atoms with E-state index in [9.17, 15) is 0 Å². The fraction of sp³-hybridized carbons (Fsp3) is 0.733. The van der Waals surface area contributed by atoms with E-state index < -0.39 is 0 Å². The van der Waals surface area contributed by atoms with Gasteiger partial charge in [0.1, 0.15) is 5.01 Å². The van der Waals surface area contributed by atoms with Crippen molar-refractivity contribution in [2.75, 3.05) is 47.3 Å². The predicted octanol–water partition coefficient (Wildman–Crippen LogP) is 0.671. The number of rotatable bonds is 4. The summed E-state index contributed by atoms with van der Waals surface area (Å²) in [4.78, 5) is 14.9. The quantitative estimate of drug-likeness (QED) is 0.630. The Bertz CT molecular complexity index is 493. The van der Waals surface area contributed by atoms with Gasteiger partial charge in [0, 0.05) is 44.1 Å². The van der Waals surface area contributed by atoms with Gasteiger partial charge in [-0.15, -0.1) is 11.3 Å². The number of thiazole rings is 1. The van der Waals surface area contributed by atoms with Crippen LogP contribution in [0.25, 0.3) is 0 Å². The molecule has 1 atom stereocenters. The second kappa shape index (κ2) is 7.89. The first-order chi connectivity index (χ1) is 10.5. The monoisotopic (exact) mass is 324 g/mol. The number of piperazine rings is 1. The lowest BCUT2D eigenvalue weighted by Gasteiger charge is -2.37. The van der Waals surface area contributed by atoms with Crippen LogP contribution in [-0.2, 0) is 6.54 Å². The third-order valence-electron chi connectivity index (χ3n) is 4.19. The molecule has 1 aliphatic heterocycles. The lowest BCUT2D eigenvalue weighted by Crippen LogP contribution is -2.55. The molecule has 1 fully saturated rings. The summed E-state index contributed by atoms with van der Waals surface area (Å²) in [7, 11) is 6.18. The third kappa shape index (κ3) is 4.66. The highest BCUT2D eigenvalue weighted by Crippen LogP contribution is 2.15. The summed E-state index contributed by atoms with van der Waals surface area (Å²) >= 11 is 1.74. The molecular formula is C15H28N6S. The van der Waals surface area contributed by atoms with Crippen LogP contribution in [0.5, 0.6) is 0 Å². The lowest BCUT2D eigenvalue weighted by molar-refractivity contribution is 0.116. The molecule has 0 aliphatic carbocycles. The lowest BCUT2D eigenvalue weighted by atomic mass is 10.2. The fourth-order valence-corrected chi connectivity index (χ4v) is 3.40. The topological polar surface area (TPSA) is 55.8 Å². The maximum absolute atomic E-state index is 4.55. The molecule has 2 rings (SSSR count). The van der Waals surface area contributed by atoms with Gasteiger partial charge >= 0.3 is 0 Å². The van der Waals surface area contributed by atoms with Gasteiger partial charge in [0.25, 0.3) is 0 Å². The van der Waals surface area contributed by atoms with Crippen molar-refractivity contribution in [1.29, 1.82) is 0 Å². The van der Waals surface area contributed by atoms with Crippen LogP contribution >= 0.6 is 11.3 Å². The number of likely N-dealkylation sites (N-methyl/N-ethyl adjacent to an activating group) is 2. The molecule has 2 N–H and O–H groups in total. The smallest absolute Gasteiger partial charge is 0.191 e. The Kier molecular flexibility index (Phi) is 6.16. The van der Waals surface area contributed by atoms with E-state index >= 15 is 0 Å². The Balaban J connectivity index is 1.79. The van der Waals surface area contributed by atoms with Crippen molar-refractivity contribution >= 4 is 17.3 Å². The highest BCUT2D eigenvalue weighted by molar-refractivity contribution is 7.11. The van der Waals surface area contributed by atoms with Crippen LogP contribution in [0, 0.1) is 13.8 Å². The molecule has 6 nitrogen and oxygen atoms in total. The van der Waals surface area contributed by atoms with Crippen LogP contribution in [0.3, 0.4) is 0 Å². The average Bonchev–Trinajstić information content (AvgIpc) is 2.81. The number of nitrogens with one attached hydrogen (secondary N) is 2. The van der Waals surface area contributed by atoms with Crippen LogP contribution in [0.1, 0.15) is 15.6 Å². The number of aliphatic imine (C=N–C) groups is 1. The molecule has 1 aromatic rings. The molecule has 7 heteroatoms. The molecular weight excluding hydrogens is 296 g/mol. The molecule has 1 aliphatic rings. The van der Waals surface area contributed by atoms with E-state index in [2.05, 4.69) is 58.4 Å². The summed E-state index contributed by atoms with van der Waals surface area (Å²) in [6, 6.07) is 0.515. The van der Waals surface area contributed by atoms with Crippen LogP contribution in [0.4, 0.5) is 0 Å². The molecule has 1 saturated heterocycles. The maximum atomic E-state index is 4.55. The van der Waals surface area contributed by atoms with E-state index in [1.165, 1.54) is 4.88 Å². The fourth-order valence-electron chi connectivity index (χ4n) is 2.53. The molecule has 1 unspecified atom stereocenters. The van der Waals surface area contributed by atoms with Crippen molar-refractivity contribution in [2.45, 2.75) is 26.4 Å². The Labute approximate surface area is 137 Å². The molecule has 0 radical (unpaired) electrons. The van der Waals surface area contributed by atoms with E-state index in [0.29, 0.717) is 6.04 Å². The van der Waals surface area contributed by atoms with Gasteiger partial charge < -0.3 is 15.5 Å². The number of hydrogen-bond acceptors (Lipinski definition) is 5. The molecule has 0 aromatic carbocycles. The minimum Gasteiger partial charge on any atom is -0.355 e. The zero-order chi connectivity index (χ0) is 16.1. The highest BCUT2D eigenvalue weighted by Gasteiger charge is 2.22. The SMILES string of the molecule is CN=C(NCc1nc(C)c(C)s1)NCC1CN(C)CCN1C.